The van der Waals surface area contributed by atoms with E-state index in [0.717, 1.165) is 31.6 Å². The number of aliphatic hydroxyl groups is 1. The second-order valence-corrected chi connectivity index (χ2v) is 8.98. The Balaban J connectivity index is 1.20. The zero-order chi connectivity index (χ0) is 17.4. The minimum atomic E-state index is -0.619. The van der Waals surface area contributed by atoms with Gasteiger partial charge in [-0.05, 0) is 50.8 Å². The van der Waals surface area contributed by atoms with Gasteiger partial charge in [0.15, 0.2) is 0 Å². The van der Waals surface area contributed by atoms with E-state index in [4.69, 9.17) is 4.98 Å². The van der Waals surface area contributed by atoms with Crippen LogP contribution in [0.5, 0.6) is 0 Å². The number of likely N-dealkylation sites (tertiary alicyclic amines) is 1. The van der Waals surface area contributed by atoms with E-state index in [0.29, 0.717) is 24.2 Å². The first-order chi connectivity index (χ1) is 11.8. The highest BCUT2D eigenvalue weighted by molar-refractivity contribution is 5.81. The second kappa shape index (κ2) is 4.85. The number of carbonyl (C=O) groups is 1. The standard InChI is InChI=1S/C20H25N3O2/c1-19(25)7-15(8-19)18(24)23-11-20(12-23)9-14(10-20)16-4-3-13-5-6-22(2)17(13)21-16/h3-6,14-15,25H,7-12H2,1-2H3. The van der Waals surface area contributed by atoms with Crippen molar-refractivity contribution in [3.63, 3.8) is 0 Å². The van der Waals surface area contributed by atoms with Crippen LogP contribution >= 0.6 is 0 Å². The summed E-state index contributed by atoms with van der Waals surface area (Å²) in [7, 11) is 2.04. The molecule has 3 aliphatic rings. The third-order valence-corrected chi connectivity index (χ3v) is 6.60. The van der Waals surface area contributed by atoms with Crippen molar-refractivity contribution in [2.75, 3.05) is 13.1 Å². The molecule has 3 fully saturated rings. The van der Waals surface area contributed by atoms with E-state index in [1.54, 1.807) is 0 Å². The number of carbonyl (C=O) groups excluding carboxylic acids is 1. The summed E-state index contributed by atoms with van der Waals surface area (Å²) in [6.45, 7) is 3.61. The molecule has 0 aromatic carbocycles. The fraction of sp³-hybridized carbons (Fsp3) is 0.600. The van der Waals surface area contributed by atoms with Crippen LogP contribution in [0.4, 0.5) is 0 Å². The van der Waals surface area contributed by atoms with Crippen molar-refractivity contribution >= 4 is 16.9 Å². The quantitative estimate of drug-likeness (QED) is 0.914. The largest absolute Gasteiger partial charge is 0.390 e. The molecule has 0 atom stereocenters. The molecule has 0 bridgehead atoms. The maximum Gasteiger partial charge on any atom is 0.225 e. The molecule has 2 aromatic rings. The molecule has 1 amide bonds. The summed E-state index contributed by atoms with van der Waals surface area (Å²) in [5.41, 5.74) is 1.96. The van der Waals surface area contributed by atoms with E-state index in [9.17, 15) is 9.90 Å². The number of aryl methyl sites for hydroxylation is 1. The topological polar surface area (TPSA) is 58.4 Å². The smallest absolute Gasteiger partial charge is 0.225 e. The van der Waals surface area contributed by atoms with Crippen molar-refractivity contribution in [2.45, 2.75) is 44.1 Å². The first-order valence-corrected chi connectivity index (χ1v) is 9.27. The summed E-state index contributed by atoms with van der Waals surface area (Å²) < 4.78 is 2.07. The molecule has 0 radical (unpaired) electrons. The van der Waals surface area contributed by atoms with Crippen LogP contribution in [0, 0.1) is 11.3 Å². The average molecular weight is 339 g/mol. The first kappa shape index (κ1) is 15.4. The van der Waals surface area contributed by atoms with Crippen LogP contribution in [0.3, 0.4) is 0 Å². The Hall–Kier alpha value is -1.88. The summed E-state index contributed by atoms with van der Waals surface area (Å²) >= 11 is 0. The molecule has 1 aliphatic heterocycles. The lowest BCUT2D eigenvalue weighted by molar-refractivity contribution is -0.168. The van der Waals surface area contributed by atoms with Gasteiger partial charge in [0, 0.05) is 54.7 Å². The maximum atomic E-state index is 12.4. The maximum absolute atomic E-state index is 12.4. The van der Waals surface area contributed by atoms with Crippen LogP contribution in [0.1, 0.15) is 44.2 Å². The highest BCUT2D eigenvalue weighted by atomic mass is 16.3. The van der Waals surface area contributed by atoms with E-state index in [2.05, 4.69) is 29.0 Å². The molecule has 0 unspecified atom stereocenters. The molecule has 5 nitrogen and oxygen atoms in total. The van der Waals surface area contributed by atoms with E-state index >= 15 is 0 Å². The van der Waals surface area contributed by atoms with Crippen molar-refractivity contribution in [1.82, 2.24) is 14.5 Å². The first-order valence-electron chi connectivity index (χ1n) is 9.27. The molecule has 132 valence electrons. The van der Waals surface area contributed by atoms with Crippen molar-refractivity contribution in [3.05, 3.63) is 30.1 Å². The van der Waals surface area contributed by atoms with Crippen LogP contribution in [0.15, 0.2) is 24.4 Å². The summed E-state index contributed by atoms with van der Waals surface area (Å²) in [6.07, 6.45) is 5.58. The SMILES string of the molecule is Cn1ccc2ccc(C3CC4(C3)CN(C(=O)C3CC(C)(O)C3)C4)nc21. The molecule has 2 aromatic heterocycles. The highest BCUT2D eigenvalue weighted by Gasteiger charge is 2.56. The Bertz CT molecular complexity index is 847. The molecule has 1 spiro atoms. The summed E-state index contributed by atoms with van der Waals surface area (Å²) in [6, 6.07) is 6.43. The van der Waals surface area contributed by atoms with Crippen molar-refractivity contribution in [1.29, 1.82) is 0 Å². The molecule has 25 heavy (non-hydrogen) atoms. The third kappa shape index (κ3) is 2.32. The molecule has 5 heteroatoms. The van der Waals surface area contributed by atoms with Crippen LogP contribution in [0.25, 0.3) is 11.0 Å². The fourth-order valence-electron chi connectivity index (χ4n) is 5.18. The van der Waals surface area contributed by atoms with Gasteiger partial charge in [-0.25, -0.2) is 4.98 Å². The van der Waals surface area contributed by atoms with Gasteiger partial charge in [0.2, 0.25) is 5.91 Å². The molecular formula is C20H25N3O2. The van der Waals surface area contributed by atoms with Crippen molar-refractivity contribution in [3.8, 4) is 0 Å². The number of amides is 1. The number of aromatic nitrogens is 2. The lowest BCUT2D eigenvalue weighted by Gasteiger charge is -2.60. The Kier molecular flexibility index (Phi) is 2.98. The van der Waals surface area contributed by atoms with Gasteiger partial charge in [-0.3, -0.25) is 4.79 Å². The van der Waals surface area contributed by atoms with E-state index in [1.807, 2.05) is 18.9 Å². The summed E-state index contributed by atoms with van der Waals surface area (Å²) in [5.74, 6) is 0.828. The molecule has 5 rings (SSSR count). The highest BCUT2D eigenvalue weighted by Crippen LogP contribution is 2.56. The number of pyridine rings is 1. The van der Waals surface area contributed by atoms with Gasteiger partial charge in [0.05, 0.1) is 5.60 Å². The van der Waals surface area contributed by atoms with Gasteiger partial charge in [-0.15, -0.1) is 0 Å². The number of hydrogen-bond donors (Lipinski definition) is 1. The summed E-state index contributed by atoms with van der Waals surface area (Å²) in [5, 5.41) is 11.0. The van der Waals surface area contributed by atoms with Crippen LogP contribution in [-0.2, 0) is 11.8 Å². The number of rotatable bonds is 2. The fourth-order valence-corrected chi connectivity index (χ4v) is 5.18. The van der Waals surface area contributed by atoms with Crippen LogP contribution < -0.4 is 0 Å². The number of hydrogen-bond acceptors (Lipinski definition) is 3. The third-order valence-electron chi connectivity index (χ3n) is 6.60. The van der Waals surface area contributed by atoms with E-state index in [-0.39, 0.29) is 11.8 Å². The monoisotopic (exact) mass is 339 g/mol. The Morgan fingerprint density at radius 2 is 1.92 bits per heavy atom. The van der Waals surface area contributed by atoms with Gasteiger partial charge in [-0.2, -0.15) is 0 Å². The molecular weight excluding hydrogens is 314 g/mol. The minimum Gasteiger partial charge on any atom is -0.390 e. The zero-order valence-electron chi connectivity index (χ0n) is 14.9. The van der Waals surface area contributed by atoms with E-state index < -0.39 is 5.60 Å². The Labute approximate surface area is 147 Å². The normalized spacial score (nSPS) is 30.8. The van der Waals surface area contributed by atoms with Crippen molar-refractivity contribution < 1.29 is 9.90 Å². The Morgan fingerprint density at radius 1 is 1.20 bits per heavy atom. The average Bonchev–Trinajstić information content (AvgIpc) is 2.83. The minimum absolute atomic E-state index is 0.0460. The van der Waals surface area contributed by atoms with Gasteiger partial charge in [-0.1, -0.05) is 0 Å². The van der Waals surface area contributed by atoms with Crippen molar-refractivity contribution in [2.24, 2.45) is 18.4 Å². The van der Waals surface area contributed by atoms with Gasteiger partial charge in [0.25, 0.3) is 0 Å². The molecule has 2 saturated carbocycles. The number of fused-ring (bicyclic) bond motifs is 1. The molecule has 1 N–H and O–H groups in total. The van der Waals surface area contributed by atoms with Gasteiger partial charge >= 0.3 is 0 Å². The Morgan fingerprint density at radius 3 is 2.60 bits per heavy atom. The predicted octanol–water partition coefficient (Wildman–Crippen LogP) is 2.44. The van der Waals surface area contributed by atoms with Crippen LogP contribution in [0.2, 0.25) is 0 Å². The van der Waals surface area contributed by atoms with Gasteiger partial charge in [0.1, 0.15) is 5.65 Å². The lowest BCUT2D eigenvalue weighted by Crippen LogP contribution is -2.65. The summed E-state index contributed by atoms with van der Waals surface area (Å²) in [4.78, 5) is 19.3. The second-order valence-electron chi connectivity index (χ2n) is 8.98. The van der Waals surface area contributed by atoms with E-state index in [1.165, 1.54) is 11.1 Å². The van der Waals surface area contributed by atoms with Gasteiger partial charge < -0.3 is 14.6 Å². The molecule has 1 saturated heterocycles. The molecule has 3 heterocycles. The number of nitrogens with zero attached hydrogens (tertiary/aromatic N) is 3. The van der Waals surface area contributed by atoms with Crippen LogP contribution in [-0.4, -0.2) is 44.2 Å². The predicted molar refractivity (Wildman–Crippen MR) is 95.0 cm³/mol. The molecule has 2 aliphatic carbocycles. The lowest BCUT2D eigenvalue weighted by atomic mass is 9.56. The zero-order valence-corrected chi connectivity index (χ0v) is 14.9.